The smallest absolute Gasteiger partial charge is 0.433 e. The molecule has 4 nitrogen and oxygen atoms in total. The molecule has 0 saturated heterocycles. The van der Waals surface area contributed by atoms with E-state index in [2.05, 4.69) is 20.9 Å². The first kappa shape index (κ1) is 30.2. The molecule has 34 heavy (non-hydrogen) atoms. The summed E-state index contributed by atoms with van der Waals surface area (Å²) >= 11 is 14.4. The molecule has 0 atom stereocenters. The number of ether oxygens (including phenoxy) is 3. The lowest BCUT2D eigenvalue weighted by atomic mass is 10.2. The van der Waals surface area contributed by atoms with Crippen molar-refractivity contribution in [2.45, 2.75) is 25.4 Å². The Bertz CT molecular complexity index is 928. The molecule has 0 unspecified atom stereocenters. The second-order valence-electron chi connectivity index (χ2n) is 6.22. The highest BCUT2D eigenvalue weighted by Gasteiger charge is 2.34. The summed E-state index contributed by atoms with van der Waals surface area (Å²) in [6.07, 6.45) is -5.51. The fourth-order valence-corrected chi connectivity index (χ4v) is 2.92. The van der Waals surface area contributed by atoms with Crippen LogP contribution in [-0.4, -0.2) is 32.0 Å². The van der Waals surface area contributed by atoms with Crippen LogP contribution in [0, 0.1) is 0 Å². The van der Waals surface area contributed by atoms with Crippen LogP contribution in [0.2, 0.25) is 0 Å². The van der Waals surface area contributed by atoms with Crippen molar-refractivity contribution in [1.82, 2.24) is 4.98 Å². The number of aromatic nitrogens is 1. The monoisotopic (exact) mass is 597 g/mol. The Hall–Kier alpha value is -1.85. The predicted octanol–water partition coefficient (Wildman–Crippen LogP) is 8.32. The third kappa shape index (κ3) is 11.1. The van der Waals surface area contributed by atoms with Crippen molar-refractivity contribution in [2.24, 2.45) is 0 Å². The van der Waals surface area contributed by atoms with Crippen molar-refractivity contribution in [3.05, 3.63) is 56.6 Å². The van der Waals surface area contributed by atoms with E-state index < -0.39 is 29.7 Å². The van der Waals surface area contributed by atoms with Crippen LogP contribution in [0.25, 0.3) is 0 Å². The molecule has 0 amide bonds. The van der Waals surface area contributed by atoms with Gasteiger partial charge < -0.3 is 14.2 Å². The van der Waals surface area contributed by atoms with Crippen LogP contribution in [0.4, 0.5) is 26.3 Å². The van der Waals surface area contributed by atoms with E-state index in [-0.39, 0.29) is 17.7 Å². The molecule has 1 heterocycles. The summed E-state index contributed by atoms with van der Waals surface area (Å²) in [5.74, 6) is 0.630. The molecule has 1 aromatic heterocycles. The minimum atomic E-state index is -4.85. The third-order valence-corrected chi connectivity index (χ3v) is 4.73. The fourth-order valence-electron chi connectivity index (χ4n) is 2.32. The summed E-state index contributed by atoms with van der Waals surface area (Å²) < 4.78 is 90.5. The van der Waals surface area contributed by atoms with E-state index in [0.717, 1.165) is 6.07 Å². The van der Waals surface area contributed by atoms with E-state index in [4.69, 9.17) is 37.4 Å². The number of hydrogen-bond acceptors (Lipinski definition) is 4. The van der Waals surface area contributed by atoms with E-state index in [1.807, 2.05) is 0 Å². The zero-order valence-corrected chi connectivity index (χ0v) is 20.7. The summed E-state index contributed by atoms with van der Waals surface area (Å²) in [4.78, 5) is 3.26. The summed E-state index contributed by atoms with van der Waals surface area (Å²) in [6, 6.07) is 6.20. The molecule has 0 N–H and O–H groups in total. The van der Waals surface area contributed by atoms with E-state index in [9.17, 15) is 26.3 Å². The highest BCUT2D eigenvalue weighted by Crippen LogP contribution is 2.33. The maximum absolute atomic E-state index is 12.8. The van der Waals surface area contributed by atoms with Crippen LogP contribution in [0.15, 0.2) is 45.4 Å². The van der Waals surface area contributed by atoms with Crippen LogP contribution in [-0.2, 0) is 6.18 Å². The lowest BCUT2D eigenvalue weighted by Gasteiger charge is -2.12. The second kappa shape index (κ2) is 15.2. The van der Waals surface area contributed by atoms with Gasteiger partial charge in [0.1, 0.15) is 28.3 Å². The van der Waals surface area contributed by atoms with Crippen molar-refractivity contribution < 1.29 is 40.6 Å². The number of benzene rings is 1. The molecule has 0 fully saturated rings. The van der Waals surface area contributed by atoms with Crippen molar-refractivity contribution in [1.29, 1.82) is 0 Å². The lowest BCUT2D eigenvalue weighted by molar-refractivity contribution is -0.141. The summed E-state index contributed by atoms with van der Waals surface area (Å²) in [5.41, 5.74) is -2.22. The van der Waals surface area contributed by atoms with E-state index in [0.29, 0.717) is 48.7 Å². The first-order valence-corrected chi connectivity index (χ1v) is 11.1. The lowest BCUT2D eigenvalue weighted by Crippen LogP contribution is -2.11. The molecule has 1 aromatic carbocycles. The number of unbranched alkanes of at least 4 members (excludes halogenated alkanes) is 1. The summed E-state index contributed by atoms with van der Waals surface area (Å²) in [7, 11) is 0.500. The van der Waals surface area contributed by atoms with Gasteiger partial charge in [0.15, 0.2) is 0 Å². The molecular formula is C21H20BrCl2F6NO3. The molecule has 0 bridgehead atoms. The zero-order valence-electron chi connectivity index (χ0n) is 17.7. The van der Waals surface area contributed by atoms with Gasteiger partial charge in [0.25, 0.3) is 6.43 Å². The number of rotatable bonds is 11. The van der Waals surface area contributed by atoms with E-state index >= 15 is 0 Å². The van der Waals surface area contributed by atoms with Crippen molar-refractivity contribution in [2.75, 3.05) is 27.0 Å². The van der Waals surface area contributed by atoms with Gasteiger partial charge in [-0.05, 0) is 59.1 Å². The summed E-state index contributed by atoms with van der Waals surface area (Å²) in [5, 5.41) is 0. The Morgan fingerprint density at radius 3 is 2.24 bits per heavy atom. The third-order valence-electron chi connectivity index (χ3n) is 3.80. The second-order valence-corrected chi connectivity index (χ2v) is 8.09. The highest BCUT2D eigenvalue weighted by atomic mass is 79.9. The molecule has 13 heteroatoms. The van der Waals surface area contributed by atoms with Crippen LogP contribution in [0.3, 0.4) is 0 Å². The molecule has 0 aliphatic carbocycles. The van der Waals surface area contributed by atoms with Gasteiger partial charge in [-0.2, -0.15) is 13.2 Å². The molecule has 2 aromatic rings. The Labute approximate surface area is 210 Å². The maximum Gasteiger partial charge on any atom is 0.433 e. The quantitative estimate of drug-likeness (QED) is 0.193. The fraction of sp³-hybridized carbons (Fsp3) is 0.381. The zero-order chi connectivity index (χ0) is 25.7. The van der Waals surface area contributed by atoms with Crippen molar-refractivity contribution in [3.8, 4) is 17.4 Å². The predicted molar refractivity (Wildman–Crippen MR) is 121 cm³/mol. The molecule has 0 aliphatic rings. The first-order valence-electron chi connectivity index (χ1n) is 9.50. The van der Waals surface area contributed by atoms with Gasteiger partial charge in [-0.25, -0.2) is 13.8 Å². The Morgan fingerprint density at radius 2 is 1.68 bits per heavy atom. The number of hydrogen-bond donors (Lipinski definition) is 0. The molecule has 0 aliphatic heterocycles. The minimum Gasteiger partial charge on any atom is -0.492 e. The Morgan fingerprint density at radius 1 is 1.03 bits per heavy atom. The van der Waals surface area contributed by atoms with Crippen molar-refractivity contribution in [3.63, 3.8) is 0 Å². The minimum absolute atomic E-state index is 0.00898. The highest BCUT2D eigenvalue weighted by molar-refractivity contribution is 9.10. The standard InChI is InChI=1S/C20H17BrCl2F5NO3.CH3F/c21-14-11-13(30-8-5-17(22)23)3-4-15(14)31-6-1-2-7-32-18-10-12(19(24)25)9-16(29-18)20(26,27)28;1-2/h3-5,9-11,19H,1-2,6-8H2;1H3. The average Bonchev–Trinajstić information content (AvgIpc) is 2.77. The van der Waals surface area contributed by atoms with Crippen molar-refractivity contribution >= 4 is 39.1 Å². The topological polar surface area (TPSA) is 40.6 Å². The summed E-state index contributed by atoms with van der Waals surface area (Å²) in [6.45, 7) is 0.491. The van der Waals surface area contributed by atoms with Gasteiger partial charge in [0, 0.05) is 11.6 Å². The van der Waals surface area contributed by atoms with Gasteiger partial charge >= 0.3 is 6.18 Å². The molecule has 2 rings (SSSR count). The maximum atomic E-state index is 12.8. The van der Waals surface area contributed by atoms with Gasteiger partial charge in [0.05, 0.1) is 24.9 Å². The number of alkyl halides is 6. The Kier molecular flexibility index (Phi) is 13.5. The normalized spacial score (nSPS) is 10.9. The van der Waals surface area contributed by atoms with E-state index in [1.54, 1.807) is 18.2 Å². The van der Waals surface area contributed by atoms with E-state index in [1.165, 1.54) is 6.08 Å². The SMILES string of the molecule is CF.FC(F)c1cc(OCCCCOc2ccc(OCC=C(Cl)Cl)cc2Br)nc(C(F)(F)F)c1. The molecule has 0 saturated carbocycles. The van der Waals surface area contributed by atoms with Gasteiger partial charge in [0.2, 0.25) is 5.88 Å². The van der Waals surface area contributed by atoms with Crippen LogP contribution >= 0.6 is 39.1 Å². The molecule has 0 spiro atoms. The first-order chi connectivity index (χ1) is 16.1. The molecule has 0 radical (unpaired) electrons. The number of halogens is 9. The van der Waals surface area contributed by atoms with Gasteiger partial charge in [-0.1, -0.05) is 23.2 Å². The van der Waals surface area contributed by atoms with Crippen LogP contribution < -0.4 is 14.2 Å². The van der Waals surface area contributed by atoms with Gasteiger partial charge in [-0.15, -0.1) is 0 Å². The van der Waals surface area contributed by atoms with Crippen LogP contribution in [0.1, 0.15) is 30.5 Å². The number of nitrogens with zero attached hydrogens (tertiary/aromatic N) is 1. The Balaban J connectivity index is 0.00000281. The number of pyridine rings is 1. The molecule has 190 valence electrons. The molecular weight excluding hydrogens is 579 g/mol. The average molecular weight is 599 g/mol. The van der Waals surface area contributed by atoms with Gasteiger partial charge in [-0.3, -0.25) is 4.39 Å². The largest absolute Gasteiger partial charge is 0.492 e. The van der Waals surface area contributed by atoms with Crippen LogP contribution in [0.5, 0.6) is 17.4 Å².